The molecule has 1 aromatic heterocycles. The highest BCUT2D eigenvalue weighted by atomic mass is 32.2. The second-order valence-corrected chi connectivity index (χ2v) is 8.29. The van der Waals surface area contributed by atoms with Crippen molar-refractivity contribution in [3.05, 3.63) is 4.88 Å². The van der Waals surface area contributed by atoms with E-state index in [1.165, 1.54) is 38.5 Å². The van der Waals surface area contributed by atoms with E-state index < -0.39 is 0 Å². The first-order chi connectivity index (χ1) is 11.3. The maximum Gasteiger partial charge on any atom is 0.257 e. The number of aliphatic imine (C=N–C) groups is 1. The first-order valence-electron chi connectivity index (χ1n) is 8.57. The predicted molar refractivity (Wildman–Crippen MR) is 98.2 cm³/mol. The Bertz CT molecular complexity index is 616. The Morgan fingerprint density at radius 2 is 1.52 bits per heavy atom. The number of hydrogen-bond acceptors (Lipinski definition) is 6. The molecule has 3 aliphatic rings. The zero-order valence-corrected chi connectivity index (χ0v) is 14.9. The number of hydrogen-bond donors (Lipinski definition) is 0. The standard InChI is InChI=1S/C16H22N4OS2/c21-12-11-22-15(17-12)13-14(19-7-3-1-4-8-19)18-16(23-13)20-9-5-2-6-10-20/h1-11H2. The number of carbonyl (C=O) groups excluding carboxylic acids is 1. The number of piperidine rings is 2. The van der Waals surface area contributed by atoms with Gasteiger partial charge < -0.3 is 9.80 Å². The monoisotopic (exact) mass is 350 g/mol. The largest absolute Gasteiger partial charge is 0.355 e. The number of nitrogens with zero attached hydrogens (tertiary/aromatic N) is 4. The summed E-state index contributed by atoms with van der Waals surface area (Å²) in [6, 6.07) is 0. The van der Waals surface area contributed by atoms with Crippen molar-refractivity contribution in [2.45, 2.75) is 38.5 Å². The SMILES string of the molecule is O=C1CSC(c2sc(N3CCCCC3)nc2N2CCCCC2)=N1. The van der Waals surface area contributed by atoms with E-state index in [2.05, 4.69) is 14.8 Å². The summed E-state index contributed by atoms with van der Waals surface area (Å²) in [6.07, 6.45) is 7.60. The topological polar surface area (TPSA) is 48.8 Å². The van der Waals surface area contributed by atoms with Gasteiger partial charge in [0.15, 0.2) is 10.9 Å². The molecule has 2 fully saturated rings. The molecule has 7 heteroatoms. The van der Waals surface area contributed by atoms with E-state index in [4.69, 9.17) is 4.98 Å². The van der Waals surface area contributed by atoms with Crippen LogP contribution in [0.15, 0.2) is 4.99 Å². The molecule has 1 amide bonds. The van der Waals surface area contributed by atoms with Crippen LogP contribution in [0.3, 0.4) is 0 Å². The summed E-state index contributed by atoms with van der Waals surface area (Å²) in [4.78, 5) is 26.7. The van der Waals surface area contributed by atoms with Crippen LogP contribution in [-0.2, 0) is 4.79 Å². The number of thiazole rings is 1. The van der Waals surface area contributed by atoms with Crippen LogP contribution < -0.4 is 9.80 Å². The van der Waals surface area contributed by atoms with Crippen LogP contribution >= 0.6 is 23.1 Å². The normalized spacial score (nSPS) is 22.6. The summed E-state index contributed by atoms with van der Waals surface area (Å²) in [6.45, 7) is 4.35. The highest BCUT2D eigenvalue weighted by molar-refractivity contribution is 8.15. The fraction of sp³-hybridized carbons (Fsp3) is 0.688. The van der Waals surface area contributed by atoms with Gasteiger partial charge in [-0.15, -0.1) is 0 Å². The summed E-state index contributed by atoms with van der Waals surface area (Å²) in [7, 11) is 0. The Morgan fingerprint density at radius 1 is 0.870 bits per heavy atom. The van der Waals surface area contributed by atoms with Gasteiger partial charge in [-0.3, -0.25) is 4.79 Å². The lowest BCUT2D eigenvalue weighted by Gasteiger charge is -2.28. The molecule has 1 aromatic rings. The molecule has 0 aromatic carbocycles. The second-order valence-electron chi connectivity index (χ2n) is 6.34. The van der Waals surface area contributed by atoms with Crippen molar-refractivity contribution in [2.75, 3.05) is 41.7 Å². The van der Waals surface area contributed by atoms with Gasteiger partial charge in [-0.2, -0.15) is 0 Å². The molecule has 0 unspecified atom stereocenters. The molecule has 4 rings (SSSR count). The minimum absolute atomic E-state index is 0.0116. The zero-order chi connectivity index (χ0) is 15.6. The molecule has 2 saturated heterocycles. The summed E-state index contributed by atoms with van der Waals surface area (Å²) >= 11 is 3.30. The average Bonchev–Trinajstić information content (AvgIpc) is 3.23. The third kappa shape index (κ3) is 3.26. The first-order valence-corrected chi connectivity index (χ1v) is 10.4. The summed E-state index contributed by atoms with van der Waals surface area (Å²) in [5.74, 6) is 1.53. The molecule has 0 aliphatic carbocycles. The zero-order valence-electron chi connectivity index (χ0n) is 13.3. The highest BCUT2D eigenvalue weighted by Crippen LogP contribution is 2.38. The molecule has 5 nitrogen and oxygen atoms in total. The van der Waals surface area contributed by atoms with Gasteiger partial charge in [0.05, 0.1) is 5.75 Å². The number of anilines is 2. The van der Waals surface area contributed by atoms with E-state index in [0.29, 0.717) is 5.75 Å². The van der Waals surface area contributed by atoms with Gasteiger partial charge in [0.2, 0.25) is 0 Å². The van der Waals surface area contributed by atoms with E-state index >= 15 is 0 Å². The Kier molecular flexibility index (Phi) is 4.57. The Morgan fingerprint density at radius 3 is 2.13 bits per heavy atom. The van der Waals surface area contributed by atoms with Crippen molar-refractivity contribution in [1.82, 2.24) is 4.98 Å². The molecule has 0 bridgehead atoms. The Labute approximate surface area is 145 Å². The number of rotatable bonds is 3. The van der Waals surface area contributed by atoms with E-state index in [1.54, 1.807) is 23.1 Å². The van der Waals surface area contributed by atoms with Gasteiger partial charge in [0, 0.05) is 26.2 Å². The van der Waals surface area contributed by atoms with Crippen LogP contribution in [0.2, 0.25) is 0 Å². The lowest BCUT2D eigenvalue weighted by atomic mass is 10.1. The average molecular weight is 351 g/mol. The predicted octanol–water partition coefficient (Wildman–Crippen LogP) is 3.14. The summed E-state index contributed by atoms with van der Waals surface area (Å²) in [5, 5.41) is 2.00. The van der Waals surface area contributed by atoms with Gasteiger partial charge in [-0.1, -0.05) is 23.1 Å². The number of aromatic nitrogens is 1. The molecule has 124 valence electrons. The molecule has 0 spiro atoms. The van der Waals surface area contributed by atoms with Crippen molar-refractivity contribution < 1.29 is 4.79 Å². The molecule has 3 aliphatic heterocycles. The quantitative estimate of drug-likeness (QED) is 0.838. The minimum atomic E-state index is -0.0116. The Balaban J connectivity index is 1.67. The molecular weight excluding hydrogens is 328 g/mol. The van der Waals surface area contributed by atoms with Crippen LogP contribution in [0.25, 0.3) is 0 Å². The van der Waals surface area contributed by atoms with Crippen molar-refractivity contribution in [3.8, 4) is 0 Å². The Hall–Kier alpha value is -1.08. The van der Waals surface area contributed by atoms with Crippen LogP contribution in [0.4, 0.5) is 10.9 Å². The number of amides is 1. The second kappa shape index (κ2) is 6.81. The maximum atomic E-state index is 11.6. The third-order valence-electron chi connectivity index (χ3n) is 4.63. The lowest BCUT2D eigenvalue weighted by molar-refractivity contribution is -0.115. The summed E-state index contributed by atoms with van der Waals surface area (Å²) in [5.41, 5.74) is 0. The third-order valence-corrected chi connectivity index (χ3v) is 6.83. The molecule has 4 heterocycles. The molecule has 0 atom stereocenters. The summed E-state index contributed by atoms with van der Waals surface area (Å²) < 4.78 is 0. The van der Waals surface area contributed by atoms with Gasteiger partial charge in [0.25, 0.3) is 5.91 Å². The fourth-order valence-corrected chi connectivity index (χ4v) is 5.45. The number of carbonyl (C=O) groups is 1. The van der Waals surface area contributed by atoms with Gasteiger partial charge in [-0.05, 0) is 38.5 Å². The van der Waals surface area contributed by atoms with Crippen LogP contribution in [0, 0.1) is 0 Å². The van der Waals surface area contributed by atoms with Crippen molar-refractivity contribution >= 4 is 45.0 Å². The molecular formula is C16H22N4OS2. The van der Waals surface area contributed by atoms with E-state index in [-0.39, 0.29) is 5.91 Å². The van der Waals surface area contributed by atoms with Gasteiger partial charge in [-0.25, -0.2) is 9.98 Å². The van der Waals surface area contributed by atoms with Crippen LogP contribution in [-0.4, -0.2) is 47.9 Å². The molecule has 0 N–H and O–H groups in total. The minimum Gasteiger partial charge on any atom is -0.355 e. The van der Waals surface area contributed by atoms with Crippen LogP contribution in [0.1, 0.15) is 43.4 Å². The maximum absolute atomic E-state index is 11.6. The van der Waals surface area contributed by atoms with E-state index in [9.17, 15) is 4.79 Å². The van der Waals surface area contributed by atoms with Crippen molar-refractivity contribution in [2.24, 2.45) is 4.99 Å². The fourth-order valence-electron chi connectivity index (χ4n) is 3.41. The highest BCUT2D eigenvalue weighted by Gasteiger charge is 2.28. The van der Waals surface area contributed by atoms with Gasteiger partial charge in [0.1, 0.15) is 9.92 Å². The first kappa shape index (κ1) is 15.4. The van der Waals surface area contributed by atoms with E-state index in [1.807, 2.05) is 0 Å². The smallest absolute Gasteiger partial charge is 0.257 e. The van der Waals surface area contributed by atoms with Crippen molar-refractivity contribution in [3.63, 3.8) is 0 Å². The van der Waals surface area contributed by atoms with E-state index in [0.717, 1.165) is 47.0 Å². The molecule has 23 heavy (non-hydrogen) atoms. The molecule has 0 saturated carbocycles. The number of thioether (sulfide) groups is 1. The van der Waals surface area contributed by atoms with Gasteiger partial charge >= 0.3 is 0 Å². The van der Waals surface area contributed by atoms with Crippen molar-refractivity contribution in [1.29, 1.82) is 0 Å². The van der Waals surface area contributed by atoms with Crippen LogP contribution in [0.5, 0.6) is 0 Å². The molecule has 0 radical (unpaired) electrons. The lowest BCUT2D eigenvalue weighted by Crippen LogP contribution is -2.31.